The van der Waals surface area contributed by atoms with E-state index in [2.05, 4.69) is 0 Å². The number of anilines is 1. The first-order valence-electron chi connectivity index (χ1n) is 8.27. The van der Waals surface area contributed by atoms with E-state index in [1.807, 2.05) is 62.4 Å². The van der Waals surface area contributed by atoms with Crippen LogP contribution in [0.3, 0.4) is 0 Å². The lowest BCUT2D eigenvalue weighted by Crippen LogP contribution is -2.31. The zero-order valence-electron chi connectivity index (χ0n) is 14.7. The van der Waals surface area contributed by atoms with E-state index in [1.165, 1.54) is 4.31 Å². The molecule has 0 amide bonds. The third-order valence-electron chi connectivity index (χ3n) is 4.23. The molecule has 0 spiro atoms. The molecule has 3 aromatic carbocycles. The van der Waals surface area contributed by atoms with Crippen molar-refractivity contribution >= 4 is 27.3 Å². The van der Waals surface area contributed by atoms with Crippen molar-refractivity contribution in [3.63, 3.8) is 0 Å². The van der Waals surface area contributed by atoms with Gasteiger partial charge in [0.1, 0.15) is 0 Å². The first kappa shape index (κ1) is 18.5. The molecule has 134 valence electrons. The van der Waals surface area contributed by atoms with Crippen LogP contribution in [0.4, 0.5) is 5.69 Å². The Morgan fingerprint density at radius 1 is 0.846 bits per heavy atom. The normalized spacial score (nSPS) is 11.3. The summed E-state index contributed by atoms with van der Waals surface area (Å²) >= 11 is 5.96. The minimum atomic E-state index is -3.70. The highest BCUT2D eigenvalue weighted by Crippen LogP contribution is 2.29. The van der Waals surface area contributed by atoms with Gasteiger partial charge in [-0.15, -0.1) is 0 Å². The van der Waals surface area contributed by atoms with Crippen LogP contribution >= 0.6 is 11.6 Å². The molecule has 3 rings (SSSR count). The monoisotopic (exact) mass is 385 g/mol. The third kappa shape index (κ3) is 3.92. The highest BCUT2D eigenvalue weighted by molar-refractivity contribution is 7.92. The second kappa shape index (κ2) is 7.52. The lowest BCUT2D eigenvalue weighted by molar-refractivity contribution is 0.590. The summed E-state index contributed by atoms with van der Waals surface area (Å²) in [4.78, 5) is 0.278. The Labute approximate surface area is 159 Å². The molecular weight excluding hydrogens is 366 g/mol. The lowest BCUT2D eigenvalue weighted by atomic mass is 10.2. The molecule has 0 bridgehead atoms. The van der Waals surface area contributed by atoms with E-state index in [1.54, 1.807) is 24.3 Å². The van der Waals surface area contributed by atoms with Crippen molar-refractivity contribution in [2.24, 2.45) is 0 Å². The second-order valence-corrected chi connectivity index (χ2v) is 8.54. The van der Waals surface area contributed by atoms with Crippen molar-refractivity contribution in [1.29, 1.82) is 0 Å². The van der Waals surface area contributed by atoms with Gasteiger partial charge < -0.3 is 0 Å². The summed E-state index contributed by atoms with van der Waals surface area (Å²) < 4.78 is 28.2. The molecule has 0 aliphatic carbocycles. The molecule has 0 N–H and O–H groups in total. The van der Waals surface area contributed by atoms with Gasteiger partial charge in [0, 0.05) is 5.02 Å². The Morgan fingerprint density at radius 2 is 1.46 bits per heavy atom. The Hall–Kier alpha value is -2.30. The molecule has 5 heteroatoms. The molecule has 0 atom stereocenters. The number of aryl methyl sites for hydroxylation is 2. The van der Waals surface area contributed by atoms with Gasteiger partial charge in [0.05, 0.1) is 17.1 Å². The van der Waals surface area contributed by atoms with Crippen LogP contribution in [0.15, 0.2) is 77.7 Å². The maximum absolute atomic E-state index is 13.4. The first-order valence-corrected chi connectivity index (χ1v) is 10.1. The van der Waals surface area contributed by atoms with Crippen molar-refractivity contribution in [1.82, 2.24) is 0 Å². The molecule has 0 saturated carbocycles. The smallest absolute Gasteiger partial charge is 0.262 e. The van der Waals surface area contributed by atoms with Crippen LogP contribution < -0.4 is 4.31 Å². The first-order chi connectivity index (χ1) is 12.4. The Morgan fingerprint density at radius 3 is 2.08 bits per heavy atom. The molecule has 0 radical (unpaired) electrons. The summed E-state index contributed by atoms with van der Waals surface area (Å²) in [5.41, 5.74) is 3.46. The number of hydrogen-bond acceptors (Lipinski definition) is 2. The third-order valence-corrected chi connectivity index (χ3v) is 6.26. The zero-order valence-corrected chi connectivity index (χ0v) is 16.3. The molecule has 0 aromatic heterocycles. The predicted octanol–water partition coefficient (Wildman–Crippen LogP) is 5.35. The number of hydrogen-bond donors (Lipinski definition) is 0. The predicted molar refractivity (Wildman–Crippen MR) is 107 cm³/mol. The number of sulfonamides is 1. The lowest BCUT2D eigenvalue weighted by Gasteiger charge is -2.26. The number of halogens is 1. The van der Waals surface area contributed by atoms with Gasteiger partial charge in [0.15, 0.2) is 0 Å². The average Bonchev–Trinajstić information content (AvgIpc) is 2.62. The van der Waals surface area contributed by atoms with Gasteiger partial charge in [-0.05, 0) is 55.3 Å². The Bertz CT molecular complexity index is 997. The SMILES string of the molecule is Cc1ccc(S(=O)(=O)N(Cc2ccc(Cl)cc2)c2ccccc2C)cc1. The van der Waals surface area contributed by atoms with Crippen LogP contribution in [0, 0.1) is 13.8 Å². The van der Waals surface area contributed by atoms with Gasteiger partial charge in [0.2, 0.25) is 0 Å². The summed E-state index contributed by atoms with van der Waals surface area (Å²) in [6.07, 6.45) is 0. The van der Waals surface area contributed by atoms with E-state index in [0.29, 0.717) is 10.7 Å². The van der Waals surface area contributed by atoms with Crippen molar-refractivity contribution in [2.45, 2.75) is 25.3 Å². The van der Waals surface area contributed by atoms with Crippen molar-refractivity contribution < 1.29 is 8.42 Å². The summed E-state index contributed by atoms with van der Waals surface area (Å²) in [6, 6.07) is 21.6. The van der Waals surface area contributed by atoms with E-state index in [-0.39, 0.29) is 11.4 Å². The molecule has 0 unspecified atom stereocenters. The summed E-state index contributed by atoms with van der Waals surface area (Å²) in [5.74, 6) is 0. The largest absolute Gasteiger partial charge is 0.264 e. The minimum absolute atomic E-state index is 0.234. The van der Waals surface area contributed by atoms with E-state index < -0.39 is 10.0 Å². The van der Waals surface area contributed by atoms with E-state index >= 15 is 0 Å². The van der Waals surface area contributed by atoms with Gasteiger partial charge in [-0.1, -0.05) is 59.6 Å². The van der Waals surface area contributed by atoms with Crippen LogP contribution in [-0.2, 0) is 16.6 Å². The van der Waals surface area contributed by atoms with Gasteiger partial charge in [-0.3, -0.25) is 4.31 Å². The van der Waals surface area contributed by atoms with Crippen LogP contribution in [0.2, 0.25) is 5.02 Å². The van der Waals surface area contributed by atoms with Crippen molar-refractivity contribution in [3.8, 4) is 0 Å². The maximum Gasteiger partial charge on any atom is 0.264 e. The van der Waals surface area contributed by atoms with E-state index in [4.69, 9.17) is 11.6 Å². The molecule has 0 aliphatic heterocycles. The minimum Gasteiger partial charge on any atom is -0.262 e. The van der Waals surface area contributed by atoms with Crippen molar-refractivity contribution in [3.05, 3.63) is 94.5 Å². The second-order valence-electron chi connectivity index (χ2n) is 6.24. The highest BCUT2D eigenvalue weighted by atomic mass is 35.5. The standard InChI is InChI=1S/C21H20ClNO2S/c1-16-7-13-20(14-8-16)26(24,25)23(21-6-4-3-5-17(21)2)15-18-9-11-19(22)12-10-18/h3-14H,15H2,1-2H3. The highest BCUT2D eigenvalue weighted by Gasteiger charge is 2.26. The fourth-order valence-electron chi connectivity index (χ4n) is 2.74. The molecule has 3 nitrogen and oxygen atoms in total. The van der Waals surface area contributed by atoms with Crippen LogP contribution in [0.1, 0.15) is 16.7 Å². The zero-order chi connectivity index (χ0) is 18.7. The summed E-state index contributed by atoms with van der Waals surface area (Å²) in [7, 11) is -3.70. The molecule has 26 heavy (non-hydrogen) atoms. The van der Waals surface area contributed by atoms with Gasteiger partial charge in [-0.2, -0.15) is 0 Å². The number of rotatable bonds is 5. The average molecular weight is 386 g/mol. The molecule has 0 saturated heterocycles. The number of nitrogens with zero attached hydrogens (tertiary/aromatic N) is 1. The molecule has 0 fully saturated rings. The molecular formula is C21H20ClNO2S. The fourth-order valence-corrected chi connectivity index (χ4v) is 4.38. The van der Waals surface area contributed by atoms with Crippen molar-refractivity contribution in [2.75, 3.05) is 4.31 Å². The summed E-state index contributed by atoms with van der Waals surface area (Å²) in [5, 5.41) is 0.623. The number of para-hydroxylation sites is 1. The molecule has 3 aromatic rings. The van der Waals surface area contributed by atoms with E-state index in [0.717, 1.165) is 16.7 Å². The molecule has 0 aliphatic rings. The number of benzene rings is 3. The fraction of sp³-hybridized carbons (Fsp3) is 0.143. The van der Waals surface area contributed by atoms with Crippen LogP contribution in [0.25, 0.3) is 0 Å². The Balaban J connectivity index is 2.09. The Kier molecular flexibility index (Phi) is 5.35. The van der Waals surface area contributed by atoms with Gasteiger partial charge in [-0.25, -0.2) is 8.42 Å². The summed E-state index contributed by atoms with van der Waals surface area (Å²) in [6.45, 7) is 4.08. The topological polar surface area (TPSA) is 37.4 Å². The van der Waals surface area contributed by atoms with Crippen LogP contribution in [0.5, 0.6) is 0 Å². The molecule has 0 heterocycles. The quantitative estimate of drug-likeness (QED) is 0.593. The van der Waals surface area contributed by atoms with Gasteiger partial charge >= 0.3 is 0 Å². The maximum atomic E-state index is 13.4. The van der Waals surface area contributed by atoms with Crippen LogP contribution in [-0.4, -0.2) is 8.42 Å². The van der Waals surface area contributed by atoms with Gasteiger partial charge in [0.25, 0.3) is 10.0 Å². The van der Waals surface area contributed by atoms with E-state index in [9.17, 15) is 8.42 Å².